The van der Waals surface area contributed by atoms with Gasteiger partial charge in [0.15, 0.2) is 0 Å². The van der Waals surface area contributed by atoms with E-state index in [2.05, 4.69) is 11.9 Å². The van der Waals surface area contributed by atoms with E-state index in [1.165, 1.54) is 6.07 Å². The summed E-state index contributed by atoms with van der Waals surface area (Å²) >= 11 is 0. The van der Waals surface area contributed by atoms with Crippen LogP contribution in [0.4, 0.5) is 4.39 Å². The molecule has 1 radical (unpaired) electrons. The van der Waals surface area contributed by atoms with Crippen molar-refractivity contribution in [1.82, 2.24) is 4.98 Å². The Morgan fingerprint density at radius 1 is 1.23 bits per heavy atom. The monoisotopic (exact) mass is 174 g/mol. The molecule has 0 saturated heterocycles. The van der Waals surface area contributed by atoms with Crippen LogP contribution in [0.2, 0.25) is 0 Å². The fourth-order valence-corrected chi connectivity index (χ4v) is 1.27. The summed E-state index contributed by atoms with van der Waals surface area (Å²) in [6.45, 7) is 3.74. The molecule has 1 N–H and O–H groups in total. The number of benzene rings is 1. The Bertz CT molecular complexity index is 418. The quantitative estimate of drug-likeness (QED) is 0.684. The zero-order valence-corrected chi connectivity index (χ0v) is 7.05. The smallest absolute Gasteiger partial charge is 0.132 e. The number of rotatable bonds is 1. The topological polar surface area (TPSA) is 15.8 Å². The van der Waals surface area contributed by atoms with Gasteiger partial charge in [-0.1, -0.05) is 12.1 Å². The van der Waals surface area contributed by atoms with Crippen molar-refractivity contribution in [3.63, 3.8) is 0 Å². The SMILES string of the molecule is [CH2]c1c[nH]c(-c2ccccc2F)c1. The van der Waals surface area contributed by atoms with Crippen molar-refractivity contribution in [1.29, 1.82) is 0 Å². The predicted molar refractivity (Wildman–Crippen MR) is 50.6 cm³/mol. The van der Waals surface area contributed by atoms with Gasteiger partial charge in [-0.25, -0.2) is 4.39 Å². The average Bonchev–Trinajstić information content (AvgIpc) is 2.53. The second-order valence-corrected chi connectivity index (χ2v) is 2.90. The molecule has 0 bridgehead atoms. The highest BCUT2D eigenvalue weighted by molar-refractivity contribution is 5.61. The van der Waals surface area contributed by atoms with Crippen molar-refractivity contribution in [3.05, 3.63) is 54.8 Å². The molecule has 1 aromatic carbocycles. The van der Waals surface area contributed by atoms with Crippen LogP contribution in [0.1, 0.15) is 5.56 Å². The van der Waals surface area contributed by atoms with E-state index in [0.717, 1.165) is 11.3 Å². The molecule has 2 heteroatoms. The molecule has 0 spiro atoms. The van der Waals surface area contributed by atoms with E-state index in [1.807, 2.05) is 12.1 Å². The molecule has 0 fully saturated rings. The van der Waals surface area contributed by atoms with Crippen LogP contribution in [0.5, 0.6) is 0 Å². The lowest BCUT2D eigenvalue weighted by molar-refractivity contribution is 0.631. The van der Waals surface area contributed by atoms with Gasteiger partial charge in [-0.2, -0.15) is 0 Å². The highest BCUT2D eigenvalue weighted by atomic mass is 19.1. The molecule has 0 aliphatic heterocycles. The first kappa shape index (κ1) is 8.05. The van der Waals surface area contributed by atoms with E-state index in [9.17, 15) is 4.39 Å². The third-order valence-electron chi connectivity index (χ3n) is 1.91. The van der Waals surface area contributed by atoms with Crippen LogP contribution < -0.4 is 0 Å². The maximum atomic E-state index is 13.2. The highest BCUT2D eigenvalue weighted by Crippen LogP contribution is 2.21. The third kappa shape index (κ3) is 1.47. The fourth-order valence-electron chi connectivity index (χ4n) is 1.27. The molecular weight excluding hydrogens is 165 g/mol. The van der Waals surface area contributed by atoms with Crippen LogP contribution in [-0.2, 0) is 0 Å². The zero-order chi connectivity index (χ0) is 9.26. The first-order valence-corrected chi connectivity index (χ1v) is 4.02. The Morgan fingerprint density at radius 3 is 2.62 bits per heavy atom. The minimum Gasteiger partial charge on any atom is -0.361 e. The van der Waals surface area contributed by atoms with Crippen LogP contribution >= 0.6 is 0 Å². The molecule has 1 aromatic heterocycles. The second-order valence-electron chi connectivity index (χ2n) is 2.90. The second kappa shape index (κ2) is 3.05. The molecule has 1 heterocycles. The van der Waals surface area contributed by atoms with Crippen molar-refractivity contribution in [3.8, 4) is 11.3 Å². The van der Waals surface area contributed by atoms with Crippen molar-refractivity contribution in [2.45, 2.75) is 0 Å². The zero-order valence-electron chi connectivity index (χ0n) is 7.05. The van der Waals surface area contributed by atoms with Gasteiger partial charge in [-0.3, -0.25) is 0 Å². The average molecular weight is 174 g/mol. The van der Waals surface area contributed by atoms with Gasteiger partial charge in [-0.05, 0) is 30.7 Å². The highest BCUT2D eigenvalue weighted by Gasteiger charge is 2.04. The summed E-state index contributed by atoms with van der Waals surface area (Å²) in [4.78, 5) is 2.96. The maximum absolute atomic E-state index is 13.2. The Kier molecular flexibility index (Phi) is 1.89. The van der Waals surface area contributed by atoms with Crippen LogP contribution in [0.3, 0.4) is 0 Å². The summed E-state index contributed by atoms with van der Waals surface area (Å²) in [5, 5.41) is 0. The van der Waals surface area contributed by atoms with Crippen LogP contribution in [-0.4, -0.2) is 4.98 Å². The van der Waals surface area contributed by atoms with Gasteiger partial charge in [0.1, 0.15) is 5.82 Å². The number of aromatic nitrogens is 1. The minimum absolute atomic E-state index is 0.218. The van der Waals surface area contributed by atoms with Gasteiger partial charge in [-0.15, -0.1) is 0 Å². The molecule has 1 nitrogen and oxygen atoms in total. The van der Waals surface area contributed by atoms with E-state index >= 15 is 0 Å². The molecule has 0 atom stereocenters. The maximum Gasteiger partial charge on any atom is 0.132 e. The number of hydrogen-bond acceptors (Lipinski definition) is 0. The summed E-state index contributed by atoms with van der Waals surface area (Å²) in [6, 6.07) is 8.48. The number of nitrogens with one attached hydrogen (secondary N) is 1. The van der Waals surface area contributed by atoms with Gasteiger partial charge in [0.2, 0.25) is 0 Å². The largest absolute Gasteiger partial charge is 0.361 e. The first-order valence-electron chi connectivity index (χ1n) is 4.02. The van der Waals surface area contributed by atoms with E-state index < -0.39 is 0 Å². The molecule has 0 aliphatic rings. The van der Waals surface area contributed by atoms with Gasteiger partial charge in [0.05, 0.1) is 0 Å². The Labute approximate surface area is 76.2 Å². The fraction of sp³-hybridized carbons (Fsp3) is 0. The lowest BCUT2D eigenvalue weighted by atomic mass is 10.1. The van der Waals surface area contributed by atoms with E-state index in [4.69, 9.17) is 0 Å². The third-order valence-corrected chi connectivity index (χ3v) is 1.91. The molecule has 13 heavy (non-hydrogen) atoms. The number of hydrogen-bond donors (Lipinski definition) is 1. The lowest BCUT2D eigenvalue weighted by Gasteiger charge is -1.98. The Hall–Kier alpha value is -1.57. The Balaban J connectivity index is 2.52. The summed E-state index contributed by atoms with van der Waals surface area (Å²) < 4.78 is 13.2. The first-order chi connectivity index (χ1) is 6.27. The van der Waals surface area contributed by atoms with Gasteiger partial charge in [0.25, 0.3) is 0 Å². The van der Waals surface area contributed by atoms with Crippen molar-refractivity contribution >= 4 is 0 Å². The van der Waals surface area contributed by atoms with Gasteiger partial charge >= 0.3 is 0 Å². The molecule has 0 saturated carbocycles. The van der Waals surface area contributed by atoms with Crippen LogP contribution in [0.25, 0.3) is 11.3 Å². The summed E-state index contributed by atoms with van der Waals surface area (Å²) in [6.07, 6.45) is 1.75. The molecule has 0 unspecified atom stereocenters. The summed E-state index contributed by atoms with van der Waals surface area (Å²) in [7, 11) is 0. The summed E-state index contributed by atoms with van der Waals surface area (Å²) in [5.74, 6) is -0.218. The molecule has 65 valence electrons. The van der Waals surface area contributed by atoms with Crippen molar-refractivity contribution in [2.24, 2.45) is 0 Å². The number of aromatic amines is 1. The van der Waals surface area contributed by atoms with Crippen LogP contribution in [0, 0.1) is 12.7 Å². The molecule has 0 aliphatic carbocycles. The van der Waals surface area contributed by atoms with Crippen LogP contribution in [0.15, 0.2) is 36.5 Å². The molecule has 2 rings (SSSR count). The number of H-pyrrole nitrogens is 1. The number of halogens is 1. The van der Waals surface area contributed by atoms with Gasteiger partial charge < -0.3 is 4.98 Å². The minimum atomic E-state index is -0.218. The lowest BCUT2D eigenvalue weighted by Crippen LogP contribution is -1.81. The predicted octanol–water partition coefficient (Wildman–Crippen LogP) is 3.00. The van der Waals surface area contributed by atoms with Gasteiger partial charge in [0, 0.05) is 17.5 Å². The van der Waals surface area contributed by atoms with Crippen molar-refractivity contribution in [2.75, 3.05) is 0 Å². The molecule has 2 aromatic rings. The van der Waals surface area contributed by atoms with E-state index in [0.29, 0.717) is 5.56 Å². The molecular formula is C11H9FN. The Morgan fingerprint density at radius 2 is 2.00 bits per heavy atom. The van der Waals surface area contributed by atoms with Crippen molar-refractivity contribution < 1.29 is 4.39 Å². The van der Waals surface area contributed by atoms with E-state index in [1.54, 1.807) is 18.3 Å². The standard InChI is InChI=1S/C11H9FN/c1-8-6-11(13-7-8)9-4-2-3-5-10(9)12/h2-7,13H,1H2. The van der Waals surface area contributed by atoms with E-state index in [-0.39, 0.29) is 5.82 Å². The normalized spacial score (nSPS) is 10.3. The summed E-state index contributed by atoms with van der Waals surface area (Å²) in [5.41, 5.74) is 2.21. The molecule has 0 amide bonds.